The molecule has 16 N–H and O–H groups in total. The summed E-state index contributed by atoms with van der Waals surface area (Å²) in [7, 11) is -5.10. The lowest BCUT2D eigenvalue weighted by atomic mass is 9.94. The van der Waals surface area contributed by atoms with Crippen LogP contribution in [0, 0.1) is 0 Å². The number of hydrogen-bond acceptors (Lipinski definition) is 27. The largest absolute Gasteiger partial charge is 0.397 e. The van der Waals surface area contributed by atoms with Crippen molar-refractivity contribution in [1.82, 2.24) is 16.0 Å². The Morgan fingerprint density at radius 1 is 0.485 bits per heavy atom. The molecule has 5 aliphatic heterocycles. The number of ether oxygens (including phenoxy) is 9. The minimum Gasteiger partial charge on any atom is -0.394 e. The van der Waals surface area contributed by atoms with Gasteiger partial charge in [0, 0.05) is 20.8 Å². The standard InChI is InChI=1S/C36H61N3O28S/c1-9-20(45)27(52)28(53)35(60-9)67-31-30(66-34-18(38-11(3)43)26(51)21(46)13(5-40)62-34)23(48)14(6-41)63-36(31)65-29-19(39-12(4)44)32(54)61-15(24(29)49)7-58-33-17(37-10(2)42)25(50)22(47)16(64-33)8-59-68(55,56)57/h9,13-36,40-41,45-54H,5-8H2,1-4H3,(H,37,42)(H,38,43)(H,39,44)(H,55,56,57)/t9-,13+,14+,15+,16+,17+,18+,19+,20+,21-,22+,23-,24-,25+,26+,27+,28-,29+,30-,31+,32?,33+,34+,35-,36-/m0/s1. The lowest BCUT2D eigenvalue weighted by Gasteiger charge is -2.51. The van der Waals surface area contributed by atoms with Gasteiger partial charge in [0.25, 0.3) is 0 Å². The highest BCUT2D eigenvalue weighted by Crippen LogP contribution is 2.36. The van der Waals surface area contributed by atoms with Gasteiger partial charge in [-0.3, -0.25) is 18.9 Å². The fourth-order valence-corrected chi connectivity index (χ4v) is 8.50. The second-order valence-corrected chi connectivity index (χ2v) is 17.8. The summed E-state index contributed by atoms with van der Waals surface area (Å²) >= 11 is 0. The molecule has 31 nitrogen and oxygen atoms in total. The first-order valence-corrected chi connectivity index (χ1v) is 22.5. The lowest BCUT2D eigenvalue weighted by molar-refractivity contribution is -0.397. The Kier molecular flexibility index (Phi) is 19.7. The second kappa shape index (κ2) is 23.8. The molecule has 0 saturated carbocycles. The van der Waals surface area contributed by atoms with E-state index in [0.717, 1.165) is 20.8 Å². The highest BCUT2D eigenvalue weighted by atomic mass is 32.3. The first-order valence-electron chi connectivity index (χ1n) is 21.1. The van der Waals surface area contributed by atoms with E-state index in [4.69, 9.17) is 47.2 Å². The van der Waals surface area contributed by atoms with Gasteiger partial charge in [-0.15, -0.1) is 0 Å². The monoisotopic (exact) mass is 1020 g/mol. The molecule has 3 amide bonds. The van der Waals surface area contributed by atoms with Crippen LogP contribution in [0.3, 0.4) is 0 Å². The van der Waals surface area contributed by atoms with Crippen LogP contribution in [0.5, 0.6) is 0 Å². The Balaban J connectivity index is 1.51. The molecule has 68 heavy (non-hydrogen) atoms. The maximum absolute atomic E-state index is 12.5. The van der Waals surface area contributed by atoms with E-state index >= 15 is 0 Å². The second-order valence-electron chi connectivity index (χ2n) is 16.7. The Labute approximate surface area is 386 Å². The smallest absolute Gasteiger partial charge is 0.394 e. The Morgan fingerprint density at radius 3 is 1.50 bits per heavy atom. The van der Waals surface area contributed by atoms with Gasteiger partial charge in [-0.1, -0.05) is 0 Å². The predicted octanol–water partition coefficient (Wildman–Crippen LogP) is -10.6. The molecule has 5 saturated heterocycles. The van der Waals surface area contributed by atoms with Crippen LogP contribution in [0.1, 0.15) is 27.7 Å². The van der Waals surface area contributed by atoms with Crippen molar-refractivity contribution in [2.75, 3.05) is 26.4 Å². The molecule has 394 valence electrons. The van der Waals surface area contributed by atoms with Gasteiger partial charge in [-0.25, -0.2) is 4.18 Å². The van der Waals surface area contributed by atoms with Crippen molar-refractivity contribution in [1.29, 1.82) is 0 Å². The SMILES string of the molecule is CC(=O)N[C@H]1[C@@H](O[C@H]2[C@@H](O)[C@@H](CO)O[C@@H](O[C@H]3[C@@H](O)[C@@H](CO[C@@H]4O[C@H](COS(=O)(=O)O)[C@@H](O)[C@H](O)[C@H]4NC(C)=O)OC(O)[C@@H]3NC(C)=O)[C@@H]2O[C@@H]2O[C@@H](C)[C@@H](O)[C@@H](O)[C@@H]2O)O[C@H](CO)[C@H](O)[C@@H]1O. The molecule has 5 heterocycles. The summed E-state index contributed by atoms with van der Waals surface area (Å²) in [6, 6.07) is -5.04. The third-order valence-corrected chi connectivity index (χ3v) is 12.1. The molecule has 1 unspecified atom stereocenters. The van der Waals surface area contributed by atoms with Crippen LogP contribution in [0.4, 0.5) is 0 Å². The summed E-state index contributed by atoms with van der Waals surface area (Å²) in [4.78, 5) is 36.8. The van der Waals surface area contributed by atoms with Crippen LogP contribution >= 0.6 is 0 Å². The highest BCUT2D eigenvalue weighted by Gasteiger charge is 2.57. The summed E-state index contributed by atoms with van der Waals surface area (Å²) in [5.41, 5.74) is 0. The van der Waals surface area contributed by atoms with Crippen molar-refractivity contribution in [2.45, 2.75) is 181 Å². The van der Waals surface area contributed by atoms with Crippen LogP contribution in [0.25, 0.3) is 0 Å². The molecule has 0 aromatic carbocycles. The van der Waals surface area contributed by atoms with Crippen molar-refractivity contribution < 1.29 is 135 Å². The first kappa shape index (κ1) is 56.4. The molecule has 0 aliphatic carbocycles. The van der Waals surface area contributed by atoms with Crippen molar-refractivity contribution in [3.05, 3.63) is 0 Å². The average Bonchev–Trinajstić information content (AvgIpc) is 3.26. The number of amides is 3. The predicted molar refractivity (Wildman–Crippen MR) is 210 cm³/mol. The van der Waals surface area contributed by atoms with E-state index in [-0.39, 0.29) is 0 Å². The molecule has 0 aromatic heterocycles. The highest BCUT2D eigenvalue weighted by molar-refractivity contribution is 7.80. The maximum Gasteiger partial charge on any atom is 0.397 e. The van der Waals surface area contributed by atoms with E-state index in [1.807, 2.05) is 0 Å². The third kappa shape index (κ3) is 13.3. The van der Waals surface area contributed by atoms with Crippen LogP contribution in [-0.2, 0) is 71.6 Å². The molecule has 0 radical (unpaired) electrons. The number of nitrogens with one attached hydrogen (secondary N) is 3. The van der Waals surface area contributed by atoms with E-state index in [1.165, 1.54) is 6.92 Å². The van der Waals surface area contributed by atoms with Crippen LogP contribution < -0.4 is 16.0 Å². The summed E-state index contributed by atoms with van der Waals surface area (Å²) in [6.45, 7) is 0.416. The minimum absolute atomic E-state index is 0.783. The number of aliphatic hydroxyl groups is 12. The van der Waals surface area contributed by atoms with Gasteiger partial charge in [-0.05, 0) is 6.92 Å². The zero-order valence-corrected chi connectivity index (χ0v) is 37.4. The fraction of sp³-hybridized carbons (Fsp3) is 0.917. The first-order chi connectivity index (χ1) is 31.8. The van der Waals surface area contributed by atoms with Gasteiger partial charge in [0.05, 0.1) is 32.5 Å². The van der Waals surface area contributed by atoms with Gasteiger partial charge < -0.3 is 120 Å². The van der Waals surface area contributed by atoms with E-state index in [1.54, 1.807) is 0 Å². The van der Waals surface area contributed by atoms with Crippen molar-refractivity contribution in [3.63, 3.8) is 0 Å². The number of carbonyl (C=O) groups excluding carboxylic acids is 3. The lowest BCUT2D eigenvalue weighted by Crippen LogP contribution is -2.70. The summed E-state index contributed by atoms with van der Waals surface area (Å²) in [5, 5.41) is 137. The number of carbonyl (C=O) groups is 3. The quantitative estimate of drug-likeness (QED) is 0.0602. The molecule has 5 rings (SSSR count). The van der Waals surface area contributed by atoms with Gasteiger partial charge >= 0.3 is 10.4 Å². The van der Waals surface area contributed by atoms with Crippen molar-refractivity contribution in [2.24, 2.45) is 0 Å². The minimum atomic E-state index is -5.10. The van der Waals surface area contributed by atoms with E-state index in [2.05, 4.69) is 20.1 Å². The molecule has 0 aromatic rings. The molecular weight excluding hydrogens is 954 g/mol. The van der Waals surface area contributed by atoms with Gasteiger partial charge in [0.1, 0.15) is 116 Å². The summed E-state index contributed by atoms with van der Waals surface area (Å²) in [5.74, 6) is -2.41. The summed E-state index contributed by atoms with van der Waals surface area (Å²) < 4.78 is 88.3. The normalized spacial score (nSPS) is 45.8. The molecule has 0 bridgehead atoms. The van der Waals surface area contributed by atoms with Crippen molar-refractivity contribution in [3.8, 4) is 0 Å². The molecular formula is C36H61N3O28S. The Hall–Kier alpha value is -2.56. The molecule has 5 aliphatic rings. The van der Waals surface area contributed by atoms with Gasteiger partial charge in [0.2, 0.25) is 17.7 Å². The van der Waals surface area contributed by atoms with Crippen LogP contribution in [-0.4, -0.2) is 272 Å². The number of aliphatic hydroxyl groups excluding tert-OH is 12. The van der Waals surface area contributed by atoms with Crippen LogP contribution in [0.15, 0.2) is 0 Å². The summed E-state index contributed by atoms with van der Waals surface area (Å²) in [6.07, 6.45) is -41.5. The molecule has 0 spiro atoms. The molecule has 25 atom stereocenters. The van der Waals surface area contributed by atoms with Gasteiger partial charge in [0.15, 0.2) is 31.5 Å². The fourth-order valence-electron chi connectivity index (χ4n) is 8.19. The Bertz CT molecular complexity index is 1790. The number of hydrogen-bond donors (Lipinski definition) is 16. The maximum atomic E-state index is 12.5. The zero-order chi connectivity index (χ0) is 50.7. The molecule has 5 fully saturated rings. The van der Waals surface area contributed by atoms with E-state index < -0.39 is 208 Å². The van der Waals surface area contributed by atoms with Crippen LogP contribution in [0.2, 0.25) is 0 Å². The van der Waals surface area contributed by atoms with E-state index in [9.17, 15) is 84.1 Å². The topological polar surface area (TPSA) is 477 Å². The Morgan fingerprint density at radius 2 is 0.941 bits per heavy atom. The molecule has 32 heteroatoms. The zero-order valence-electron chi connectivity index (χ0n) is 36.6. The van der Waals surface area contributed by atoms with Crippen molar-refractivity contribution >= 4 is 28.1 Å². The van der Waals surface area contributed by atoms with Gasteiger partial charge in [-0.2, -0.15) is 8.42 Å². The number of rotatable bonds is 17. The average molecular weight is 1020 g/mol. The third-order valence-electron chi connectivity index (χ3n) is 11.7. The van der Waals surface area contributed by atoms with E-state index in [0.29, 0.717) is 0 Å².